The number of aromatic nitrogens is 4. The van der Waals surface area contributed by atoms with Crippen molar-refractivity contribution in [1.82, 2.24) is 24.9 Å². The van der Waals surface area contributed by atoms with E-state index < -0.39 is 28.1 Å². The maximum Gasteiger partial charge on any atom is 0.324 e. The van der Waals surface area contributed by atoms with Gasteiger partial charge < -0.3 is 14.9 Å². The Morgan fingerprint density at radius 1 is 1.35 bits per heavy atom. The minimum Gasteiger partial charge on any atom is -0.485 e. The third kappa shape index (κ3) is 3.66. The molecule has 12 heteroatoms. The Balaban J connectivity index is 1.77. The molecule has 1 aliphatic heterocycles. The van der Waals surface area contributed by atoms with E-state index in [-0.39, 0.29) is 24.5 Å². The van der Waals surface area contributed by atoms with Gasteiger partial charge in [0.05, 0.1) is 11.0 Å². The zero-order valence-corrected chi connectivity index (χ0v) is 14.3. The number of hydrogen-bond donors (Lipinski definition) is 3. The third-order valence-electron chi connectivity index (χ3n) is 3.99. The summed E-state index contributed by atoms with van der Waals surface area (Å²) >= 11 is 0. The molecule has 0 bridgehead atoms. The quantitative estimate of drug-likeness (QED) is 0.590. The average Bonchev–Trinajstić information content (AvgIpc) is 3.13. The number of carboxylic acids is 1. The number of H-pyrrole nitrogens is 1. The van der Waals surface area contributed by atoms with E-state index >= 15 is 0 Å². The molecule has 0 aliphatic carbocycles. The number of tetrazole rings is 1. The summed E-state index contributed by atoms with van der Waals surface area (Å²) in [5, 5.41) is 32.3. The molecule has 1 saturated heterocycles. The average molecular weight is 383 g/mol. The van der Waals surface area contributed by atoms with Crippen LogP contribution in [-0.4, -0.2) is 68.2 Å². The molecule has 1 aromatic heterocycles. The van der Waals surface area contributed by atoms with Crippen molar-refractivity contribution < 1.29 is 28.2 Å². The van der Waals surface area contributed by atoms with Crippen molar-refractivity contribution >= 4 is 16.0 Å². The second-order valence-electron chi connectivity index (χ2n) is 5.70. The van der Waals surface area contributed by atoms with E-state index in [9.17, 15) is 23.4 Å². The number of benzene rings is 1. The van der Waals surface area contributed by atoms with Crippen LogP contribution in [0.4, 0.5) is 0 Å². The molecule has 0 saturated carbocycles. The van der Waals surface area contributed by atoms with Crippen molar-refractivity contribution in [2.24, 2.45) is 0 Å². The SMILES string of the molecule is O=C(O)[C@H]1[C@@H](O)CCCN1S(=O)(=O)c1ccc(OCc2nn[nH]n2)cc1. The molecule has 1 aromatic carbocycles. The molecule has 2 aromatic rings. The maximum atomic E-state index is 12.8. The van der Waals surface area contributed by atoms with Gasteiger partial charge in [0.2, 0.25) is 15.8 Å². The van der Waals surface area contributed by atoms with Gasteiger partial charge in [-0.1, -0.05) is 5.21 Å². The fraction of sp³-hybridized carbons (Fsp3) is 0.429. The minimum absolute atomic E-state index is 0.0342. The molecule has 2 atom stereocenters. The lowest BCUT2D eigenvalue weighted by atomic mass is 10.0. The highest BCUT2D eigenvalue weighted by molar-refractivity contribution is 7.89. The molecule has 3 N–H and O–H groups in total. The van der Waals surface area contributed by atoms with Gasteiger partial charge in [-0.2, -0.15) is 9.52 Å². The van der Waals surface area contributed by atoms with E-state index in [0.29, 0.717) is 18.0 Å². The van der Waals surface area contributed by atoms with Crippen LogP contribution < -0.4 is 4.74 Å². The standard InChI is InChI=1S/C14H17N5O6S/c20-11-2-1-7-19(13(11)14(21)22)26(23,24)10-5-3-9(4-6-10)25-8-12-15-17-18-16-12/h3-6,11,13,20H,1-2,7-8H2,(H,21,22)(H,15,16,17,18)/t11-,13+/m0/s1. The van der Waals surface area contributed by atoms with Crippen molar-refractivity contribution in [3.63, 3.8) is 0 Å². The lowest BCUT2D eigenvalue weighted by Crippen LogP contribution is -2.54. The molecule has 0 radical (unpaired) electrons. The third-order valence-corrected chi connectivity index (χ3v) is 5.89. The summed E-state index contributed by atoms with van der Waals surface area (Å²) in [7, 11) is -4.07. The number of aliphatic hydroxyl groups excluding tert-OH is 1. The first kappa shape index (κ1) is 18.2. The number of nitrogens with zero attached hydrogens (tertiary/aromatic N) is 4. The van der Waals surface area contributed by atoms with Crippen LogP contribution in [0.15, 0.2) is 29.2 Å². The highest BCUT2D eigenvalue weighted by atomic mass is 32.2. The molecular formula is C14H17N5O6S. The van der Waals surface area contributed by atoms with Gasteiger partial charge in [0.15, 0.2) is 6.61 Å². The van der Waals surface area contributed by atoms with Crippen LogP contribution in [0.25, 0.3) is 0 Å². The second-order valence-corrected chi connectivity index (χ2v) is 7.59. The van der Waals surface area contributed by atoms with Crippen LogP contribution in [0.2, 0.25) is 0 Å². The van der Waals surface area contributed by atoms with Crippen LogP contribution in [0.5, 0.6) is 5.75 Å². The number of carboxylic acid groups (broad SMARTS) is 1. The molecule has 0 unspecified atom stereocenters. The van der Waals surface area contributed by atoms with Gasteiger partial charge in [-0.15, -0.1) is 10.2 Å². The van der Waals surface area contributed by atoms with Gasteiger partial charge in [0.1, 0.15) is 11.8 Å². The number of piperidine rings is 1. The van der Waals surface area contributed by atoms with Gasteiger partial charge in [-0.05, 0) is 37.1 Å². The van der Waals surface area contributed by atoms with E-state index in [1.165, 1.54) is 24.3 Å². The number of nitrogens with one attached hydrogen (secondary N) is 1. The number of sulfonamides is 1. The van der Waals surface area contributed by atoms with E-state index in [0.717, 1.165) is 4.31 Å². The lowest BCUT2D eigenvalue weighted by Gasteiger charge is -2.35. The predicted molar refractivity (Wildman–Crippen MR) is 85.5 cm³/mol. The Labute approximate surface area is 148 Å². The molecule has 140 valence electrons. The highest BCUT2D eigenvalue weighted by Gasteiger charge is 2.42. The van der Waals surface area contributed by atoms with E-state index in [1.807, 2.05) is 0 Å². The van der Waals surface area contributed by atoms with Gasteiger partial charge in [0, 0.05) is 6.54 Å². The van der Waals surface area contributed by atoms with Crippen LogP contribution in [0, 0.1) is 0 Å². The number of aliphatic hydroxyl groups is 1. The number of hydrogen-bond acceptors (Lipinski definition) is 8. The van der Waals surface area contributed by atoms with E-state index in [2.05, 4.69) is 20.6 Å². The van der Waals surface area contributed by atoms with Crippen molar-refractivity contribution in [3.8, 4) is 5.75 Å². The molecule has 3 rings (SSSR count). The fourth-order valence-electron chi connectivity index (χ4n) is 2.74. The molecule has 1 aliphatic rings. The summed E-state index contributed by atoms with van der Waals surface area (Å²) in [6.07, 6.45) is -0.615. The summed E-state index contributed by atoms with van der Waals surface area (Å²) in [6.45, 7) is 0.0917. The molecule has 2 heterocycles. The van der Waals surface area contributed by atoms with Crippen LogP contribution in [0.1, 0.15) is 18.7 Å². The van der Waals surface area contributed by atoms with Crippen molar-refractivity contribution in [2.75, 3.05) is 6.54 Å². The Morgan fingerprint density at radius 2 is 2.08 bits per heavy atom. The first-order valence-electron chi connectivity index (χ1n) is 7.77. The topological polar surface area (TPSA) is 159 Å². The number of rotatable bonds is 6. The second kappa shape index (κ2) is 7.35. The van der Waals surface area contributed by atoms with Gasteiger partial charge in [-0.3, -0.25) is 4.79 Å². The van der Waals surface area contributed by atoms with E-state index in [4.69, 9.17) is 4.74 Å². The highest BCUT2D eigenvalue weighted by Crippen LogP contribution is 2.27. The largest absolute Gasteiger partial charge is 0.485 e. The Bertz CT molecular complexity index is 854. The zero-order chi connectivity index (χ0) is 18.7. The van der Waals surface area contributed by atoms with Gasteiger partial charge in [0.25, 0.3) is 0 Å². The summed E-state index contributed by atoms with van der Waals surface area (Å²) in [5.41, 5.74) is 0. The van der Waals surface area contributed by atoms with Crippen LogP contribution in [0.3, 0.4) is 0 Å². The number of aromatic amines is 1. The lowest BCUT2D eigenvalue weighted by molar-refractivity contribution is -0.146. The van der Waals surface area contributed by atoms with Crippen LogP contribution in [-0.2, 0) is 21.4 Å². The monoisotopic (exact) mass is 383 g/mol. The van der Waals surface area contributed by atoms with E-state index in [1.54, 1.807) is 0 Å². The van der Waals surface area contributed by atoms with Crippen LogP contribution >= 0.6 is 0 Å². The van der Waals surface area contributed by atoms with Crippen molar-refractivity contribution in [2.45, 2.75) is 36.5 Å². The molecule has 26 heavy (non-hydrogen) atoms. The number of aliphatic carboxylic acids is 1. The first-order valence-corrected chi connectivity index (χ1v) is 9.21. The fourth-order valence-corrected chi connectivity index (χ4v) is 4.39. The first-order chi connectivity index (χ1) is 12.4. The maximum absolute atomic E-state index is 12.8. The van der Waals surface area contributed by atoms with Gasteiger partial charge >= 0.3 is 5.97 Å². The summed E-state index contributed by atoms with van der Waals surface area (Å²) in [5.74, 6) is -0.642. The zero-order valence-electron chi connectivity index (χ0n) is 13.5. The Hall–Kier alpha value is -2.57. The smallest absolute Gasteiger partial charge is 0.324 e. The molecular weight excluding hydrogens is 366 g/mol. The molecule has 0 amide bonds. The molecule has 0 spiro atoms. The van der Waals surface area contributed by atoms with Gasteiger partial charge in [-0.25, -0.2) is 8.42 Å². The Morgan fingerprint density at radius 3 is 2.69 bits per heavy atom. The Kier molecular flexibility index (Phi) is 5.15. The summed E-state index contributed by atoms with van der Waals surface area (Å²) in [4.78, 5) is 11.3. The minimum atomic E-state index is -4.07. The number of ether oxygens (including phenoxy) is 1. The molecule has 11 nitrogen and oxygen atoms in total. The number of carbonyl (C=O) groups is 1. The van der Waals surface area contributed by atoms with Crippen molar-refractivity contribution in [1.29, 1.82) is 0 Å². The summed E-state index contributed by atoms with van der Waals surface area (Å²) < 4.78 is 31.8. The molecule has 1 fully saturated rings. The van der Waals surface area contributed by atoms with Crippen molar-refractivity contribution in [3.05, 3.63) is 30.1 Å². The predicted octanol–water partition coefficient (Wildman–Crippen LogP) is -0.623. The normalized spacial score (nSPS) is 21.4. The summed E-state index contributed by atoms with van der Waals surface area (Å²) in [6, 6.07) is 4.04.